The molecular formula is C20H18Cl2N6O4. The van der Waals surface area contributed by atoms with Gasteiger partial charge in [-0.05, 0) is 47.2 Å². The number of nitrogens with one attached hydrogen (secondary N) is 2. The van der Waals surface area contributed by atoms with Crippen molar-refractivity contribution in [2.75, 3.05) is 11.9 Å². The molecule has 166 valence electrons. The minimum Gasteiger partial charge on any atom is -0.452 e. The Hall–Kier alpha value is -3.50. The summed E-state index contributed by atoms with van der Waals surface area (Å²) in [5, 5.41) is 16.7. The van der Waals surface area contributed by atoms with Crippen molar-refractivity contribution in [3.05, 3.63) is 70.0 Å². The molecule has 3 rings (SSSR count). The van der Waals surface area contributed by atoms with Gasteiger partial charge in [-0.15, -0.1) is 5.10 Å². The van der Waals surface area contributed by atoms with Crippen molar-refractivity contribution in [3.8, 4) is 0 Å². The number of hydrogen-bond acceptors (Lipinski definition) is 7. The number of para-hydroxylation sites is 1. The van der Waals surface area contributed by atoms with Crippen LogP contribution < -0.4 is 10.6 Å². The Labute approximate surface area is 192 Å². The lowest BCUT2D eigenvalue weighted by molar-refractivity contribution is -0.125. The number of halogens is 2. The summed E-state index contributed by atoms with van der Waals surface area (Å²) in [6.07, 6.45) is 1.29. The summed E-state index contributed by atoms with van der Waals surface area (Å²) in [5.41, 5.74) is 1.00. The van der Waals surface area contributed by atoms with Crippen LogP contribution in [0.25, 0.3) is 0 Å². The first-order valence-electron chi connectivity index (χ1n) is 9.34. The van der Waals surface area contributed by atoms with E-state index in [4.69, 9.17) is 27.9 Å². The largest absolute Gasteiger partial charge is 0.452 e. The van der Waals surface area contributed by atoms with Crippen LogP contribution in [0.1, 0.15) is 28.9 Å². The van der Waals surface area contributed by atoms with Crippen LogP contribution >= 0.6 is 23.2 Å². The van der Waals surface area contributed by atoms with E-state index in [9.17, 15) is 14.4 Å². The average Bonchev–Trinajstić information content (AvgIpc) is 3.25. The van der Waals surface area contributed by atoms with Crippen molar-refractivity contribution in [3.63, 3.8) is 0 Å². The molecule has 2 aromatic carbocycles. The molecule has 1 atom stereocenters. The zero-order chi connectivity index (χ0) is 23.1. The van der Waals surface area contributed by atoms with Gasteiger partial charge in [-0.2, -0.15) is 0 Å². The second-order valence-electron chi connectivity index (χ2n) is 6.63. The molecule has 1 heterocycles. The summed E-state index contributed by atoms with van der Waals surface area (Å²) < 4.78 is 6.34. The maximum Gasteiger partial charge on any atom is 0.340 e. The van der Waals surface area contributed by atoms with Crippen LogP contribution in [0, 0.1) is 0 Å². The summed E-state index contributed by atoms with van der Waals surface area (Å²) in [4.78, 5) is 36.9. The predicted octanol–water partition coefficient (Wildman–Crippen LogP) is 2.65. The highest BCUT2D eigenvalue weighted by atomic mass is 35.5. The van der Waals surface area contributed by atoms with E-state index in [1.807, 2.05) is 0 Å². The molecule has 0 saturated carbocycles. The van der Waals surface area contributed by atoms with Gasteiger partial charge in [0.15, 0.2) is 6.61 Å². The smallest absolute Gasteiger partial charge is 0.340 e. The summed E-state index contributed by atoms with van der Waals surface area (Å²) in [6.45, 7) is 1.09. The number of aromatic nitrogens is 4. The summed E-state index contributed by atoms with van der Waals surface area (Å²) >= 11 is 12.0. The zero-order valence-corrected chi connectivity index (χ0v) is 18.3. The predicted molar refractivity (Wildman–Crippen MR) is 116 cm³/mol. The van der Waals surface area contributed by atoms with Gasteiger partial charge in [-0.3, -0.25) is 9.59 Å². The summed E-state index contributed by atoms with van der Waals surface area (Å²) in [7, 11) is 0. The van der Waals surface area contributed by atoms with Crippen LogP contribution in [0.3, 0.4) is 0 Å². The van der Waals surface area contributed by atoms with E-state index in [1.54, 1.807) is 43.3 Å². The second-order valence-corrected chi connectivity index (χ2v) is 7.48. The normalized spacial score (nSPS) is 11.5. The summed E-state index contributed by atoms with van der Waals surface area (Å²) in [6, 6.07) is 10.8. The van der Waals surface area contributed by atoms with Gasteiger partial charge in [0.2, 0.25) is 5.91 Å². The third-order valence-electron chi connectivity index (χ3n) is 4.26. The van der Waals surface area contributed by atoms with Crippen molar-refractivity contribution >= 4 is 46.7 Å². The molecule has 0 bridgehead atoms. The fourth-order valence-corrected chi connectivity index (χ4v) is 3.35. The number of carbonyl (C=O) groups is 3. The lowest BCUT2D eigenvalue weighted by Gasteiger charge is -2.16. The Morgan fingerprint density at radius 3 is 2.62 bits per heavy atom. The number of ether oxygens (including phenoxy) is 1. The van der Waals surface area contributed by atoms with Gasteiger partial charge in [-0.1, -0.05) is 41.4 Å². The quantitative estimate of drug-likeness (QED) is 0.478. The molecule has 0 aliphatic rings. The minimum atomic E-state index is -0.768. The standard InChI is InChI=1S/C20H18Cl2N6O4/c1-12(14-7-6-13(21)8-16(14)22)24-19(30)10-32-20(31)15-4-2-3-5-17(15)25-18(29)9-28-11-23-26-27-28/h2-8,11-12H,9-10H2,1H3,(H,24,30)(H,25,29). The fraction of sp³-hybridized carbons (Fsp3) is 0.200. The van der Waals surface area contributed by atoms with E-state index in [0.29, 0.717) is 15.6 Å². The molecule has 0 fully saturated rings. The third kappa shape index (κ3) is 6.25. The molecule has 2 amide bonds. The third-order valence-corrected chi connectivity index (χ3v) is 4.82. The van der Waals surface area contributed by atoms with Gasteiger partial charge in [0.1, 0.15) is 12.9 Å². The SMILES string of the molecule is CC(NC(=O)COC(=O)c1ccccc1NC(=O)Cn1cnnn1)c1ccc(Cl)cc1Cl. The van der Waals surface area contributed by atoms with Gasteiger partial charge in [0.25, 0.3) is 5.91 Å². The van der Waals surface area contributed by atoms with Crippen LogP contribution in [-0.4, -0.2) is 44.6 Å². The molecule has 3 aromatic rings. The highest BCUT2D eigenvalue weighted by Crippen LogP contribution is 2.26. The lowest BCUT2D eigenvalue weighted by Crippen LogP contribution is -2.31. The molecule has 32 heavy (non-hydrogen) atoms. The maximum atomic E-state index is 12.5. The molecule has 1 aromatic heterocycles. The number of esters is 1. The molecule has 0 saturated heterocycles. The fourth-order valence-electron chi connectivity index (χ4n) is 2.78. The number of benzene rings is 2. The van der Waals surface area contributed by atoms with Gasteiger partial charge in [-0.25, -0.2) is 9.48 Å². The molecule has 0 spiro atoms. The van der Waals surface area contributed by atoms with Crippen molar-refractivity contribution in [2.24, 2.45) is 0 Å². The highest BCUT2D eigenvalue weighted by Gasteiger charge is 2.18. The Bertz CT molecular complexity index is 1120. The highest BCUT2D eigenvalue weighted by molar-refractivity contribution is 6.35. The minimum absolute atomic E-state index is 0.0964. The number of rotatable bonds is 8. The van der Waals surface area contributed by atoms with Crippen molar-refractivity contribution in [1.29, 1.82) is 0 Å². The molecule has 0 aliphatic carbocycles. The Morgan fingerprint density at radius 2 is 1.91 bits per heavy atom. The van der Waals surface area contributed by atoms with E-state index < -0.39 is 30.4 Å². The van der Waals surface area contributed by atoms with Crippen LogP contribution in [0.4, 0.5) is 5.69 Å². The van der Waals surface area contributed by atoms with Crippen molar-refractivity contribution < 1.29 is 19.1 Å². The van der Waals surface area contributed by atoms with Gasteiger partial charge in [0, 0.05) is 10.0 Å². The van der Waals surface area contributed by atoms with Crippen molar-refractivity contribution in [1.82, 2.24) is 25.5 Å². The van der Waals surface area contributed by atoms with E-state index >= 15 is 0 Å². The molecule has 12 heteroatoms. The van der Waals surface area contributed by atoms with E-state index in [0.717, 1.165) is 0 Å². The Balaban J connectivity index is 1.56. The molecule has 0 aliphatic heterocycles. The van der Waals surface area contributed by atoms with E-state index in [-0.39, 0.29) is 17.8 Å². The van der Waals surface area contributed by atoms with Crippen molar-refractivity contribution in [2.45, 2.75) is 19.5 Å². The molecule has 0 radical (unpaired) electrons. The molecule has 2 N–H and O–H groups in total. The number of nitrogens with zero attached hydrogens (tertiary/aromatic N) is 4. The first kappa shape index (κ1) is 23.2. The monoisotopic (exact) mass is 476 g/mol. The lowest BCUT2D eigenvalue weighted by atomic mass is 10.1. The van der Waals surface area contributed by atoms with Crippen LogP contribution in [0.2, 0.25) is 10.0 Å². The van der Waals surface area contributed by atoms with E-state index in [2.05, 4.69) is 26.2 Å². The van der Waals surface area contributed by atoms with Gasteiger partial charge < -0.3 is 15.4 Å². The number of tetrazole rings is 1. The Kier molecular flexibility index (Phi) is 7.74. The number of carbonyl (C=O) groups excluding carboxylic acids is 3. The first-order chi connectivity index (χ1) is 15.3. The van der Waals surface area contributed by atoms with Gasteiger partial charge >= 0.3 is 5.97 Å². The second kappa shape index (κ2) is 10.7. The number of hydrogen-bond donors (Lipinski definition) is 2. The maximum absolute atomic E-state index is 12.5. The molecule has 1 unspecified atom stereocenters. The topological polar surface area (TPSA) is 128 Å². The van der Waals surface area contributed by atoms with Crippen LogP contribution in [0.5, 0.6) is 0 Å². The number of amides is 2. The average molecular weight is 477 g/mol. The molecular weight excluding hydrogens is 459 g/mol. The van der Waals surface area contributed by atoms with Crippen LogP contribution in [-0.2, 0) is 20.9 Å². The Morgan fingerprint density at radius 1 is 1.12 bits per heavy atom. The van der Waals surface area contributed by atoms with E-state index in [1.165, 1.54) is 17.1 Å². The zero-order valence-electron chi connectivity index (χ0n) is 16.8. The molecule has 10 nitrogen and oxygen atoms in total. The first-order valence-corrected chi connectivity index (χ1v) is 10.1. The summed E-state index contributed by atoms with van der Waals surface area (Å²) in [5.74, 6) is -1.73. The number of anilines is 1. The van der Waals surface area contributed by atoms with Gasteiger partial charge in [0.05, 0.1) is 17.3 Å². The van der Waals surface area contributed by atoms with Crippen LogP contribution in [0.15, 0.2) is 48.8 Å².